The summed E-state index contributed by atoms with van der Waals surface area (Å²) >= 11 is 1.81. The summed E-state index contributed by atoms with van der Waals surface area (Å²) in [6, 6.07) is 15.7. The average Bonchev–Trinajstić information content (AvgIpc) is 2.64. The third-order valence-corrected chi connectivity index (χ3v) is 5.34. The highest BCUT2D eigenvalue weighted by molar-refractivity contribution is 7.99. The van der Waals surface area contributed by atoms with Gasteiger partial charge in [-0.15, -0.1) is 11.8 Å². The van der Waals surface area contributed by atoms with Crippen molar-refractivity contribution in [3.63, 3.8) is 0 Å². The van der Waals surface area contributed by atoms with Crippen molar-refractivity contribution in [2.24, 2.45) is 0 Å². The Bertz CT molecular complexity index is 792. The van der Waals surface area contributed by atoms with Gasteiger partial charge in [0.15, 0.2) is 0 Å². The zero-order chi connectivity index (χ0) is 18.5. The summed E-state index contributed by atoms with van der Waals surface area (Å²) in [5, 5.41) is 2.82. The molecule has 0 aliphatic carbocycles. The van der Waals surface area contributed by atoms with E-state index in [9.17, 15) is 9.59 Å². The molecule has 0 unspecified atom stereocenters. The summed E-state index contributed by atoms with van der Waals surface area (Å²) in [5.74, 6) is 0.701. The fraction of sp³-hybridized carbons (Fsp3) is 0.300. The van der Waals surface area contributed by atoms with Gasteiger partial charge in [-0.25, -0.2) is 0 Å². The van der Waals surface area contributed by atoms with E-state index in [1.165, 1.54) is 9.80 Å². The van der Waals surface area contributed by atoms with E-state index in [0.29, 0.717) is 0 Å². The molecule has 2 amide bonds. The van der Waals surface area contributed by atoms with Crippen LogP contribution in [-0.2, 0) is 9.59 Å². The molecule has 6 heteroatoms. The van der Waals surface area contributed by atoms with Crippen LogP contribution in [0, 0.1) is 6.92 Å². The number of hydrogen-bond donors (Lipinski definition) is 1. The smallest absolute Gasteiger partial charge is 0.243 e. The summed E-state index contributed by atoms with van der Waals surface area (Å²) in [4.78, 5) is 29.5. The molecular formula is C20H23N3O2S. The first-order valence-corrected chi connectivity index (χ1v) is 9.59. The molecule has 0 aromatic heterocycles. The van der Waals surface area contributed by atoms with Crippen LogP contribution >= 0.6 is 11.8 Å². The zero-order valence-corrected chi connectivity index (χ0v) is 15.9. The molecule has 2 aromatic carbocycles. The van der Waals surface area contributed by atoms with E-state index in [0.717, 1.165) is 29.2 Å². The molecule has 1 N–H and O–H groups in total. The number of benzene rings is 2. The van der Waals surface area contributed by atoms with Crippen molar-refractivity contribution < 1.29 is 9.59 Å². The van der Waals surface area contributed by atoms with Gasteiger partial charge in [0.05, 0.1) is 18.8 Å². The van der Waals surface area contributed by atoms with Crippen LogP contribution in [0.15, 0.2) is 53.4 Å². The van der Waals surface area contributed by atoms with Crippen LogP contribution in [0.1, 0.15) is 5.56 Å². The highest BCUT2D eigenvalue weighted by atomic mass is 32.2. The van der Waals surface area contributed by atoms with Gasteiger partial charge >= 0.3 is 0 Å². The second kappa shape index (κ2) is 8.27. The fourth-order valence-corrected chi connectivity index (χ4v) is 3.87. The minimum absolute atomic E-state index is 0.0386. The van der Waals surface area contributed by atoms with Crippen molar-refractivity contribution in [1.82, 2.24) is 4.90 Å². The fourth-order valence-electron chi connectivity index (χ4n) is 2.82. The number of nitrogens with zero attached hydrogens (tertiary/aromatic N) is 2. The second-order valence-corrected chi connectivity index (χ2v) is 7.54. The number of likely N-dealkylation sites (N-methyl/N-ethyl adjacent to an activating group) is 1. The lowest BCUT2D eigenvalue weighted by Gasteiger charge is -2.31. The number of hydrogen-bond acceptors (Lipinski definition) is 4. The quantitative estimate of drug-likeness (QED) is 0.880. The SMILES string of the molecule is Cc1ccc(NC(=O)CN(C)C(=O)CN2CCSc3ccccc32)cc1. The molecule has 0 radical (unpaired) electrons. The van der Waals surface area contributed by atoms with Gasteiger partial charge in [0.1, 0.15) is 0 Å². The maximum Gasteiger partial charge on any atom is 0.243 e. The molecular weight excluding hydrogens is 346 g/mol. The lowest BCUT2D eigenvalue weighted by Crippen LogP contribution is -2.43. The maximum absolute atomic E-state index is 12.6. The zero-order valence-electron chi connectivity index (χ0n) is 15.1. The van der Waals surface area contributed by atoms with Gasteiger partial charge < -0.3 is 15.1 Å². The monoisotopic (exact) mass is 369 g/mol. The first kappa shape index (κ1) is 18.3. The first-order chi connectivity index (χ1) is 12.5. The van der Waals surface area contributed by atoms with Crippen molar-refractivity contribution in [2.75, 3.05) is 42.7 Å². The van der Waals surface area contributed by atoms with Crippen LogP contribution in [0.3, 0.4) is 0 Å². The number of aryl methyl sites for hydroxylation is 1. The van der Waals surface area contributed by atoms with E-state index in [4.69, 9.17) is 0 Å². The van der Waals surface area contributed by atoms with Crippen molar-refractivity contribution in [3.05, 3.63) is 54.1 Å². The standard InChI is InChI=1S/C20H23N3O2S/c1-15-7-9-16(10-8-15)21-19(24)13-22(2)20(25)14-23-11-12-26-18-6-4-3-5-17(18)23/h3-10H,11-14H2,1-2H3,(H,21,24). The van der Waals surface area contributed by atoms with Crippen LogP contribution in [-0.4, -0.2) is 49.1 Å². The second-order valence-electron chi connectivity index (χ2n) is 6.40. The number of carbonyl (C=O) groups excluding carboxylic acids is 2. The van der Waals surface area contributed by atoms with Crippen molar-refractivity contribution >= 4 is 35.0 Å². The highest BCUT2D eigenvalue weighted by Crippen LogP contribution is 2.34. The number of thioether (sulfide) groups is 1. The van der Waals surface area contributed by atoms with Crippen LogP contribution in [0.2, 0.25) is 0 Å². The molecule has 1 heterocycles. The molecule has 0 saturated heterocycles. The lowest BCUT2D eigenvalue weighted by molar-refractivity contribution is -0.132. The van der Waals surface area contributed by atoms with Crippen LogP contribution < -0.4 is 10.2 Å². The number of para-hydroxylation sites is 1. The molecule has 5 nitrogen and oxygen atoms in total. The third kappa shape index (κ3) is 4.58. The first-order valence-electron chi connectivity index (χ1n) is 8.60. The summed E-state index contributed by atoms with van der Waals surface area (Å²) < 4.78 is 0. The van der Waals surface area contributed by atoms with Gasteiger partial charge in [-0.3, -0.25) is 9.59 Å². The Labute approximate surface area is 158 Å². The van der Waals surface area contributed by atoms with Crippen molar-refractivity contribution in [3.8, 4) is 0 Å². The van der Waals surface area contributed by atoms with E-state index < -0.39 is 0 Å². The molecule has 136 valence electrons. The van der Waals surface area contributed by atoms with Gasteiger partial charge in [0.25, 0.3) is 0 Å². The number of amides is 2. The predicted octanol–water partition coefficient (Wildman–Crippen LogP) is 3.00. The third-order valence-electron chi connectivity index (χ3n) is 4.29. The van der Waals surface area contributed by atoms with Crippen molar-refractivity contribution in [2.45, 2.75) is 11.8 Å². The summed E-state index contributed by atoms with van der Waals surface area (Å²) in [7, 11) is 1.67. The highest BCUT2D eigenvalue weighted by Gasteiger charge is 2.21. The van der Waals surface area contributed by atoms with Crippen LogP contribution in [0.5, 0.6) is 0 Å². The van der Waals surface area contributed by atoms with E-state index in [1.54, 1.807) is 7.05 Å². The molecule has 0 bridgehead atoms. The lowest BCUT2D eigenvalue weighted by atomic mass is 10.2. The van der Waals surface area contributed by atoms with Crippen LogP contribution in [0.4, 0.5) is 11.4 Å². The van der Waals surface area contributed by atoms with Crippen LogP contribution in [0.25, 0.3) is 0 Å². The maximum atomic E-state index is 12.6. The van der Waals surface area contributed by atoms with Gasteiger partial charge in [-0.1, -0.05) is 29.8 Å². The molecule has 0 spiro atoms. The average molecular weight is 369 g/mol. The summed E-state index contributed by atoms with van der Waals surface area (Å²) in [6.07, 6.45) is 0. The Hall–Kier alpha value is -2.47. The molecule has 0 atom stereocenters. The molecule has 2 aromatic rings. The predicted molar refractivity (Wildman–Crippen MR) is 107 cm³/mol. The number of rotatable bonds is 5. The van der Waals surface area contributed by atoms with Gasteiger partial charge in [-0.2, -0.15) is 0 Å². The Morgan fingerprint density at radius 2 is 1.88 bits per heavy atom. The minimum Gasteiger partial charge on any atom is -0.360 e. The Morgan fingerprint density at radius 3 is 2.65 bits per heavy atom. The van der Waals surface area contributed by atoms with E-state index >= 15 is 0 Å². The van der Waals surface area contributed by atoms with E-state index in [1.807, 2.05) is 61.2 Å². The van der Waals surface area contributed by atoms with E-state index in [-0.39, 0.29) is 24.9 Å². The Balaban J connectivity index is 1.55. The molecule has 0 fully saturated rings. The largest absolute Gasteiger partial charge is 0.360 e. The van der Waals surface area contributed by atoms with Gasteiger partial charge in [0, 0.05) is 29.9 Å². The summed E-state index contributed by atoms with van der Waals surface area (Å²) in [5.41, 5.74) is 2.97. The number of fused-ring (bicyclic) bond motifs is 1. The molecule has 1 aliphatic rings. The number of nitrogens with one attached hydrogen (secondary N) is 1. The Kier molecular flexibility index (Phi) is 5.83. The normalized spacial score (nSPS) is 13.1. The van der Waals surface area contributed by atoms with Gasteiger partial charge in [0.2, 0.25) is 11.8 Å². The molecule has 1 aliphatic heterocycles. The minimum atomic E-state index is -0.195. The van der Waals surface area contributed by atoms with E-state index in [2.05, 4.69) is 16.3 Å². The van der Waals surface area contributed by atoms with Gasteiger partial charge in [-0.05, 0) is 31.2 Å². The summed E-state index contributed by atoms with van der Waals surface area (Å²) in [6.45, 7) is 3.15. The number of carbonyl (C=O) groups is 2. The molecule has 3 rings (SSSR count). The number of anilines is 2. The van der Waals surface area contributed by atoms with Crippen molar-refractivity contribution in [1.29, 1.82) is 0 Å². The molecule has 26 heavy (non-hydrogen) atoms. The molecule has 0 saturated carbocycles. The topological polar surface area (TPSA) is 52.7 Å². The Morgan fingerprint density at radius 1 is 1.15 bits per heavy atom.